The number of fused-ring (bicyclic) bond motifs is 3. The van der Waals surface area contributed by atoms with Gasteiger partial charge in [0.1, 0.15) is 0 Å². The minimum absolute atomic E-state index is 0.256. The zero-order chi connectivity index (χ0) is 21.0. The van der Waals surface area contributed by atoms with Crippen molar-refractivity contribution in [1.29, 1.82) is 0 Å². The summed E-state index contributed by atoms with van der Waals surface area (Å²) in [4.78, 5) is 13.1. The number of nitrogens with zero attached hydrogens (tertiary/aromatic N) is 1. The molecule has 2 aromatic carbocycles. The van der Waals surface area contributed by atoms with Crippen LogP contribution in [0.5, 0.6) is 0 Å². The van der Waals surface area contributed by atoms with Crippen LogP contribution < -0.4 is 10.3 Å². The summed E-state index contributed by atoms with van der Waals surface area (Å²) in [6, 6.07) is 9.24. The number of anilines is 1. The van der Waals surface area contributed by atoms with Crippen molar-refractivity contribution in [2.75, 3.05) is 11.0 Å². The second-order valence-corrected chi connectivity index (χ2v) is 8.85. The Morgan fingerprint density at radius 2 is 1.66 bits per heavy atom. The molecule has 9 heteroatoms. The van der Waals surface area contributed by atoms with E-state index in [1.807, 2.05) is 0 Å². The molecule has 0 spiro atoms. The molecule has 0 saturated carbocycles. The van der Waals surface area contributed by atoms with Gasteiger partial charge in [0.25, 0.3) is 5.56 Å². The van der Waals surface area contributed by atoms with Crippen molar-refractivity contribution >= 4 is 26.6 Å². The van der Waals surface area contributed by atoms with Crippen molar-refractivity contribution in [1.82, 2.24) is 4.57 Å². The third kappa shape index (κ3) is 3.62. The van der Waals surface area contributed by atoms with E-state index in [1.54, 1.807) is 12.1 Å². The Balaban J connectivity index is 1.96. The van der Waals surface area contributed by atoms with E-state index in [1.165, 1.54) is 22.8 Å². The lowest BCUT2D eigenvalue weighted by molar-refractivity contribution is -0.137. The van der Waals surface area contributed by atoms with Gasteiger partial charge in [0.2, 0.25) is 10.0 Å². The molecular weight excluding hydrogens is 405 g/mol. The Bertz CT molecular complexity index is 1280. The van der Waals surface area contributed by atoms with Crippen molar-refractivity contribution in [3.8, 4) is 5.69 Å². The third-order valence-corrected chi connectivity index (χ3v) is 5.60. The van der Waals surface area contributed by atoms with E-state index in [0.717, 1.165) is 30.4 Å². The molecule has 0 atom stereocenters. The number of benzene rings is 2. The van der Waals surface area contributed by atoms with Gasteiger partial charge in [-0.3, -0.25) is 14.1 Å². The molecule has 152 valence electrons. The number of hydrogen-bond acceptors (Lipinski definition) is 3. The second kappa shape index (κ2) is 6.62. The largest absolute Gasteiger partial charge is 0.416 e. The summed E-state index contributed by atoms with van der Waals surface area (Å²) in [5, 5.41) is 0.714. The monoisotopic (exact) mass is 422 g/mol. The summed E-state index contributed by atoms with van der Waals surface area (Å²) in [7, 11) is -3.47. The Kier molecular flexibility index (Phi) is 4.45. The van der Waals surface area contributed by atoms with E-state index in [4.69, 9.17) is 0 Å². The van der Waals surface area contributed by atoms with E-state index in [0.29, 0.717) is 40.7 Å². The van der Waals surface area contributed by atoms with Crippen LogP contribution >= 0.6 is 0 Å². The van der Waals surface area contributed by atoms with E-state index in [9.17, 15) is 26.4 Å². The molecule has 29 heavy (non-hydrogen) atoms. The van der Waals surface area contributed by atoms with Gasteiger partial charge in [-0.25, -0.2) is 8.42 Å². The average molecular weight is 422 g/mol. The minimum atomic E-state index is -4.46. The van der Waals surface area contributed by atoms with Gasteiger partial charge < -0.3 is 0 Å². The van der Waals surface area contributed by atoms with Gasteiger partial charge in [-0.2, -0.15) is 13.2 Å². The van der Waals surface area contributed by atoms with Gasteiger partial charge >= 0.3 is 6.18 Å². The molecule has 0 fully saturated rings. The number of halogens is 3. The zero-order valence-electron chi connectivity index (χ0n) is 15.4. The number of sulfonamides is 1. The summed E-state index contributed by atoms with van der Waals surface area (Å²) in [6.45, 7) is 0. The van der Waals surface area contributed by atoms with Crippen LogP contribution in [0, 0.1) is 0 Å². The van der Waals surface area contributed by atoms with Crippen LogP contribution in [0.1, 0.15) is 23.1 Å². The lowest BCUT2D eigenvalue weighted by Gasteiger charge is -2.16. The first-order chi connectivity index (χ1) is 13.5. The predicted molar refractivity (Wildman–Crippen MR) is 105 cm³/mol. The summed E-state index contributed by atoms with van der Waals surface area (Å²) >= 11 is 0. The Morgan fingerprint density at radius 1 is 1.00 bits per heavy atom. The number of alkyl halides is 3. The maximum Gasteiger partial charge on any atom is 0.416 e. The zero-order valence-corrected chi connectivity index (χ0v) is 16.2. The number of pyridine rings is 1. The van der Waals surface area contributed by atoms with Crippen LogP contribution in [-0.4, -0.2) is 19.2 Å². The molecule has 3 aromatic rings. The summed E-state index contributed by atoms with van der Waals surface area (Å²) in [6.07, 6.45) is -1.35. The summed E-state index contributed by atoms with van der Waals surface area (Å²) < 4.78 is 65.6. The molecular formula is C20H17F3N2O3S. The second-order valence-electron chi connectivity index (χ2n) is 7.10. The van der Waals surface area contributed by atoms with Gasteiger partial charge in [0, 0.05) is 22.3 Å². The van der Waals surface area contributed by atoms with E-state index >= 15 is 0 Å². The van der Waals surface area contributed by atoms with Gasteiger partial charge in [0.05, 0.1) is 17.3 Å². The molecule has 1 heterocycles. The van der Waals surface area contributed by atoms with Crippen LogP contribution in [-0.2, 0) is 29.0 Å². The third-order valence-electron chi connectivity index (χ3n) is 5.00. The SMILES string of the molecule is CS(=O)(=O)Nc1ccc2c(c1)c1c(c(=O)n2-c2ccc(C(F)(F)F)cc2)CCC1. The van der Waals surface area contributed by atoms with Gasteiger partial charge in [-0.1, -0.05) is 0 Å². The molecule has 1 aliphatic carbocycles. The maximum atomic E-state index is 13.1. The van der Waals surface area contributed by atoms with Crippen molar-refractivity contribution in [3.63, 3.8) is 0 Å². The number of hydrogen-bond donors (Lipinski definition) is 1. The van der Waals surface area contributed by atoms with Crippen molar-refractivity contribution < 1.29 is 21.6 Å². The van der Waals surface area contributed by atoms with Crippen LogP contribution in [0.2, 0.25) is 0 Å². The lowest BCUT2D eigenvalue weighted by Crippen LogP contribution is -2.23. The molecule has 4 rings (SSSR count). The Labute approximate surface area is 164 Å². The first-order valence-corrected chi connectivity index (χ1v) is 10.8. The molecule has 1 aliphatic rings. The van der Waals surface area contributed by atoms with E-state index in [2.05, 4.69) is 4.72 Å². The normalized spacial score (nSPS) is 14.2. The predicted octanol–water partition coefficient (Wildman–Crippen LogP) is 3.87. The van der Waals surface area contributed by atoms with Crippen molar-refractivity contribution in [2.45, 2.75) is 25.4 Å². The molecule has 0 radical (unpaired) electrons. The molecule has 0 aliphatic heterocycles. The van der Waals surface area contributed by atoms with Crippen LogP contribution in [0.15, 0.2) is 47.3 Å². The highest BCUT2D eigenvalue weighted by atomic mass is 32.2. The van der Waals surface area contributed by atoms with E-state index < -0.39 is 21.8 Å². The summed E-state index contributed by atoms with van der Waals surface area (Å²) in [5.74, 6) is 0. The van der Waals surface area contributed by atoms with Crippen molar-refractivity contribution in [2.24, 2.45) is 0 Å². The lowest BCUT2D eigenvalue weighted by atomic mass is 10.0. The van der Waals surface area contributed by atoms with Gasteiger partial charge in [-0.05, 0) is 67.3 Å². The quantitative estimate of drug-likeness (QED) is 0.697. The van der Waals surface area contributed by atoms with Gasteiger partial charge in [-0.15, -0.1) is 0 Å². The highest BCUT2D eigenvalue weighted by Gasteiger charge is 2.30. The number of nitrogens with one attached hydrogen (secondary N) is 1. The van der Waals surface area contributed by atoms with Crippen LogP contribution in [0.4, 0.5) is 18.9 Å². The smallest absolute Gasteiger partial charge is 0.284 e. The molecule has 0 saturated heterocycles. The molecule has 0 bridgehead atoms. The van der Waals surface area contributed by atoms with Crippen LogP contribution in [0.25, 0.3) is 16.6 Å². The first kappa shape index (κ1) is 19.5. The number of aryl methyl sites for hydroxylation is 1. The minimum Gasteiger partial charge on any atom is -0.284 e. The van der Waals surface area contributed by atoms with E-state index in [-0.39, 0.29) is 5.56 Å². The molecule has 5 nitrogen and oxygen atoms in total. The Hall–Kier alpha value is -2.81. The standard InChI is InChI=1S/C20H17F3N2O3S/c1-29(27,28)24-13-7-10-18-17(11-13)15-3-2-4-16(15)19(26)25(18)14-8-5-12(6-9-14)20(21,22)23/h5-11,24H,2-4H2,1H3. The number of aromatic nitrogens is 1. The highest BCUT2D eigenvalue weighted by Crippen LogP contribution is 2.33. The van der Waals surface area contributed by atoms with Crippen LogP contribution in [0.3, 0.4) is 0 Å². The molecule has 0 amide bonds. The fourth-order valence-electron chi connectivity index (χ4n) is 3.83. The van der Waals surface area contributed by atoms with Gasteiger partial charge in [0.15, 0.2) is 0 Å². The number of rotatable bonds is 3. The maximum absolute atomic E-state index is 13.1. The molecule has 1 aromatic heterocycles. The fraction of sp³-hybridized carbons (Fsp3) is 0.250. The first-order valence-electron chi connectivity index (χ1n) is 8.90. The van der Waals surface area contributed by atoms with Crippen molar-refractivity contribution in [3.05, 3.63) is 69.5 Å². The summed E-state index contributed by atoms with van der Waals surface area (Å²) in [5.41, 5.74) is 1.65. The highest BCUT2D eigenvalue weighted by molar-refractivity contribution is 7.92. The molecule has 0 unspecified atom stereocenters. The average Bonchev–Trinajstić information content (AvgIpc) is 3.11. The molecule has 1 N–H and O–H groups in total. The topological polar surface area (TPSA) is 68.2 Å². The fourth-order valence-corrected chi connectivity index (χ4v) is 4.38. The Morgan fingerprint density at radius 3 is 2.28 bits per heavy atom.